The first-order valence-electron chi connectivity index (χ1n) is 8.93. The fourth-order valence-corrected chi connectivity index (χ4v) is 3.42. The second-order valence-corrected chi connectivity index (χ2v) is 6.44. The summed E-state index contributed by atoms with van der Waals surface area (Å²) >= 11 is 0. The molecule has 25 heavy (non-hydrogen) atoms. The number of aromatic nitrogens is 2. The average molecular weight is 344 g/mol. The van der Waals surface area contributed by atoms with Crippen molar-refractivity contribution in [3.63, 3.8) is 0 Å². The molecule has 1 fully saturated rings. The number of hydrogen-bond acceptors (Lipinski definition) is 3. The van der Waals surface area contributed by atoms with E-state index in [0.717, 1.165) is 30.9 Å². The van der Waals surface area contributed by atoms with Crippen molar-refractivity contribution >= 4 is 5.91 Å². The maximum absolute atomic E-state index is 13.2. The highest BCUT2D eigenvalue weighted by atomic mass is 19.1. The number of likely N-dealkylation sites (tertiary alicyclic amines) is 1. The molecule has 1 aliphatic heterocycles. The van der Waals surface area contributed by atoms with Crippen LogP contribution < -0.4 is 5.32 Å². The third-order valence-electron chi connectivity index (χ3n) is 4.76. The first-order chi connectivity index (χ1) is 12.2. The van der Waals surface area contributed by atoms with E-state index < -0.39 is 0 Å². The number of rotatable bonds is 7. The number of benzene rings is 1. The molecule has 0 saturated carbocycles. The zero-order valence-electron chi connectivity index (χ0n) is 14.6. The van der Waals surface area contributed by atoms with Gasteiger partial charge in [-0.1, -0.05) is 19.1 Å². The zero-order valence-corrected chi connectivity index (χ0v) is 14.6. The SMILES string of the molecule is CCc1nccn1CC(=O)NC[C@@H](c1ccc(F)cc1)N1CCCC1. The lowest BCUT2D eigenvalue weighted by Gasteiger charge is -2.28. The molecule has 134 valence electrons. The molecule has 1 aromatic heterocycles. The van der Waals surface area contributed by atoms with E-state index in [2.05, 4.69) is 15.2 Å². The molecular weight excluding hydrogens is 319 g/mol. The molecule has 2 heterocycles. The van der Waals surface area contributed by atoms with Crippen molar-refractivity contribution in [2.75, 3.05) is 19.6 Å². The molecule has 6 heteroatoms. The van der Waals surface area contributed by atoms with Crippen LogP contribution in [0, 0.1) is 5.82 Å². The summed E-state index contributed by atoms with van der Waals surface area (Å²) in [6, 6.07) is 6.68. The summed E-state index contributed by atoms with van der Waals surface area (Å²) in [4.78, 5) is 18.9. The first-order valence-corrected chi connectivity index (χ1v) is 8.93. The summed E-state index contributed by atoms with van der Waals surface area (Å²) in [6.45, 7) is 4.85. The summed E-state index contributed by atoms with van der Waals surface area (Å²) < 4.78 is 15.1. The molecule has 5 nitrogen and oxygen atoms in total. The predicted octanol–water partition coefficient (Wildman–Crippen LogP) is 2.54. The second-order valence-electron chi connectivity index (χ2n) is 6.44. The van der Waals surface area contributed by atoms with Crippen LogP contribution in [0.25, 0.3) is 0 Å². The van der Waals surface area contributed by atoms with E-state index in [4.69, 9.17) is 0 Å². The summed E-state index contributed by atoms with van der Waals surface area (Å²) in [5.74, 6) is 0.643. The quantitative estimate of drug-likeness (QED) is 0.840. The highest BCUT2D eigenvalue weighted by Gasteiger charge is 2.24. The highest BCUT2D eigenvalue weighted by Crippen LogP contribution is 2.24. The molecule has 0 bridgehead atoms. The molecule has 0 spiro atoms. The Labute approximate surface area is 147 Å². The van der Waals surface area contributed by atoms with Crippen LogP contribution in [0.1, 0.15) is 37.2 Å². The predicted molar refractivity (Wildman–Crippen MR) is 94.6 cm³/mol. The number of nitrogens with zero attached hydrogens (tertiary/aromatic N) is 3. The summed E-state index contributed by atoms with van der Waals surface area (Å²) in [5, 5.41) is 3.04. The van der Waals surface area contributed by atoms with Gasteiger partial charge in [-0.05, 0) is 43.6 Å². The molecule has 1 atom stereocenters. The van der Waals surface area contributed by atoms with Gasteiger partial charge >= 0.3 is 0 Å². The summed E-state index contributed by atoms with van der Waals surface area (Å²) in [6.07, 6.45) is 6.68. The van der Waals surface area contributed by atoms with E-state index in [-0.39, 0.29) is 24.3 Å². The third-order valence-corrected chi connectivity index (χ3v) is 4.76. The van der Waals surface area contributed by atoms with Crippen LogP contribution in [-0.4, -0.2) is 40.0 Å². The standard InChI is InChI=1S/C19H25FN4O/c1-2-18-21-9-12-24(18)14-19(25)22-13-17(23-10-3-4-11-23)15-5-7-16(20)8-6-15/h5-9,12,17H,2-4,10-11,13-14H2,1H3,(H,22,25)/t17-/m0/s1. The Balaban J connectivity index is 1.64. The van der Waals surface area contributed by atoms with Gasteiger partial charge in [-0.2, -0.15) is 0 Å². The fraction of sp³-hybridized carbons (Fsp3) is 0.474. The van der Waals surface area contributed by atoms with Crippen molar-refractivity contribution in [3.05, 3.63) is 53.9 Å². The Morgan fingerprint density at radius 1 is 1.28 bits per heavy atom. The second kappa shape index (κ2) is 8.25. The van der Waals surface area contributed by atoms with E-state index in [1.165, 1.54) is 25.0 Å². The first kappa shape index (κ1) is 17.6. The maximum atomic E-state index is 13.2. The van der Waals surface area contributed by atoms with Crippen molar-refractivity contribution in [2.45, 2.75) is 38.8 Å². The van der Waals surface area contributed by atoms with E-state index >= 15 is 0 Å². The van der Waals surface area contributed by atoms with Crippen LogP contribution in [0.4, 0.5) is 4.39 Å². The number of amides is 1. The van der Waals surface area contributed by atoms with Gasteiger partial charge in [-0.15, -0.1) is 0 Å². The minimum Gasteiger partial charge on any atom is -0.353 e. The van der Waals surface area contributed by atoms with Gasteiger partial charge in [0.1, 0.15) is 18.2 Å². The molecular formula is C19H25FN4O. The Morgan fingerprint density at radius 3 is 2.68 bits per heavy atom. The van der Waals surface area contributed by atoms with Crippen LogP contribution >= 0.6 is 0 Å². The van der Waals surface area contributed by atoms with E-state index in [1.54, 1.807) is 6.20 Å². The maximum Gasteiger partial charge on any atom is 0.240 e. The number of imidazole rings is 1. The van der Waals surface area contributed by atoms with Crippen LogP contribution in [0.2, 0.25) is 0 Å². The molecule has 1 N–H and O–H groups in total. The van der Waals surface area contributed by atoms with Gasteiger partial charge in [0.25, 0.3) is 0 Å². The van der Waals surface area contributed by atoms with E-state index in [1.807, 2.05) is 29.8 Å². The molecule has 0 unspecified atom stereocenters. The highest BCUT2D eigenvalue weighted by molar-refractivity contribution is 5.75. The smallest absolute Gasteiger partial charge is 0.240 e. The Morgan fingerprint density at radius 2 is 2.00 bits per heavy atom. The molecule has 1 aromatic carbocycles. The fourth-order valence-electron chi connectivity index (χ4n) is 3.42. The monoisotopic (exact) mass is 344 g/mol. The number of halogens is 1. The summed E-state index contributed by atoms with van der Waals surface area (Å²) in [5.41, 5.74) is 1.04. The number of nitrogens with one attached hydrogen (secondary N) is 1. The average Bonchev–Trinajstić information content (AvgIpc) is 3.28. The van der Waals surface area contributed by atoms with Gasteiger partial charge in [-0.25, -0.2) is 9.37 Å². The number of carbonyl (C=O) groups is 1. The lowest BCUT2D eigenvalue weighted by Crippen LogP contribution is -2.38. The molecule has 3 rings (SSSR count). The number of aryl methyl sites for hydroxylation is 1. The van der Waals surface area contributed by atoms with Gasteiger partial charge in [0.05, 0.1) is 6.04 Å². The van der Waals surface area contributed by atoms with Crippen LogP contribution in [-0.2, 0) is 17.8 Å². The lowest BCUT2D eigenvalue weighted by molar-refractivity contribution is -0.121. The van der Waals surface area contributed by atoms with Gasteiger partial charge < -0.3 is 9.88 Å². The van der Waals surface area contributed by atoms with Gasteiger partial charge in [0, 0.05) is 25.4 Å². The molecule has 0 radical (unpaired) electrons. The minimum atomic E-state index is -0.236. The minimum absolute atomic E-state index is 0.0287. The number of hydrogen-bond donors (Lipinski definition) is 1. The third kappa shape index (κ3) is 4.45. The Hall–Kier alpha value is -2.21. The van der Waals surface area contributed by atoms with Gasteiger partial charge in [0.15, 0.2) is 0 Å². The van der Waals surface area contributed by atoms with Crippen molar-refractivity contribution in [3.8, 4) is 0 Å². The Kier molecular flexibility index (Phi) is 5.81. The largest absolute Gasteiger partial charge is 0.353 e. The van der Waals surface area contributed by atoms with Gasteiger partial charge in [0.2, 0.25) is 5.91 Å². The van der Waals surface area contributed by atoms with E-state index in [0.29, 0.717) is 6.54 Å². The molecule has 2 aromatic rings. The van der Waals surface area contributed by atoms with Gasteiger partial charge in [-0.3, -0.25) is 9.69 Å². The molecule has 1 saturated heterocycles. The van der Waals surface area contributed by atoms with Crippen molar-refractivity contribution in [2.24, 2.45) is 0 Å². The molecule has 0 aliphatic carbocycles. The topological polar surface area (TPSA) is 50.2 Å². The molecule has 1 amide bonds. The zero-order chi connectivity index (χ0) is 17.6. The van der Waals surface area contributed by atoms with E-state index in [9.17, 15) is 9.18 Å². The Bertz CT molecular complexity index is 692. The molecule has 1 aliphatic rings. The normalized spacial score (nSPS) is 16.1. The van der Waals surface area contributed by atoms with Crippen LogP contribution in [0.3, 0.4) is 0 Å². The number of carbonyl (C=O) groups excluding carboxylic acids is 1. The van der Waals surface area contributed by atoms with Crippen molar-refractivity contribution in [1.82, 2.24) is 19.8 Å². The van der Waals surface area contributed by atoms with Crippen molar-refractivity contribution < 1.29 is 9.18 Å². The van der Waals surface area contributed by atoms with Crippen LogP contribution in [0.15, 0.2) is 36.7 Å². The summed E-state index contributed by atoms with van der Waals surface area (Å²) in [7, 11) is 0. The lowest BCUT2D eigenvalue weighted by atomic mass is 10.1. The van der Waals surface area contributed by atoms with Crippen LogP contribution in [0.5, 0.6) is 0 Å². The van der Waals surface area contributed by atoms with Crippen molar-refractivity contribution in [1.29, 1.82) is 0 Å².